The lowest BCUT2D eigenvalue weighted by Crippen LogP contribution is -2.37. The summed E-state index contributed by atoms with van der Waals surface area (Å²) in [6.45, 7) is 2.42. The molecule has 4 aromatic rings. The Morgan fingerprint density at radius 3 is 2.41 bits per heavy atom. The topological polar surface area (TPSA) is 95.4 Å². The second-order valence-electron chi connectivity index (χ2n) is 8.09. The van der Waals surface area contributed by atoms with Crippen LogP contribution >= 0.6 is 0 Å². The zero-order chi connectivity index (χ0) is 24.2. The van der Waals surface area contributed by atoms with Crippen LogP contribution in [0.5, 0.6) is 5.75 Å². The Morgan fingerprint density at radius 2 is 1.74 bits per heavy atom. The highest BCUT2D eigenvalue weighted by molar-refractivity contribution is 5.99. The molecule has 0 fully saturated rings. The van der Waals surface area contributed by atoms with Crippen LogP contribution in [0.2, 0.25) is 0 Å². The first kappa shape index (κ1) is 23.0. The molecule has 0 aliphatic rings. The summed E-state index contributed by atoms with van der Waals surface area (Å²) >= 11 is 0. The van der Waals surface area contributed by atoms with Crippen molar-refractivity contribution in [3.8, 4) is 5.75 Å². The highest BCUT2D eigenvalue weighted by Gasteiger charge is 2.19. The molecule has 9 heteroatoms. The maximum atomic E-state index is 13.0. The van der Waals surface area contributed by atoms with E-state index in [0.29, 0.717) is 23.7 Å². The summed E-state index contributed by atoms with van der Waals surface area (Å²) in [5.74, 6) is 1.18. The fourth-order valence-electron chi connectivity index (χ4n) is 3.87. The molecule has 4 rings (SSSR count). The summed E-state index contributed by atoms with van der Waals surface area (Å²) in [7, 11) is 4.71. The summed E-state index contributed by atoms with van der Waals surface area (Å²) in [6.07, 6.45) is 1.64. The van der Waals surface area contributed by atoms with Gasteiger partial charge in [-0.2, -0.15) is 10.1 Å². The quantitative estimate of drug-likeness (QED) is 0.322. The molecule has 2 heterocycles. The van der Waals surface area contributed by atoms with E-state index in [9.17, 15) is 9.59 Å². The minimum Gasteiger partial charge on any atom is -0.497 e. The molecule has 9 nitrogen and oxygen atoms in total. The van der Waals surface area contributed by atoms with E-state index in [1.54, 1.807) is 14.2 Å². The molecule has 0 spiro atoms. The first-order valence-corrected chi connectivity index (χ1v) is 11.1. The SMILES string of the molecule is COc1ccc(/C(C)=N\Nc2nc3c(c(=O)n(C)c(=O)n3C)n2CCCc2ccccc2)cc1. The number of ether oxygens (including phenoxy) is 1. The number of rotatable bonds is 8. The van der Waals surface area contributed by atoms with Crippen molar-refractivity contribution in [3.63, 3.8) is 0 Å². The molecule has 0 amide bonds. The van der Waals surface area contributed by atoms with Gasteiger partial charge in [-0.15, -0.1) is 0 Å². The zero-order valence-corrected chi connectivity index (χ0v) is 19.8. The number of hydrogen-bond acceptors (Lipinski definition) is 6. The van der Waals surface area contributed by atoms with Crippen molar-refractivity contribution < 1.29 is 4.74 Å². The molecule has 0 atom stereocenters. The number of fused-ring (bicyclic) bond motifs is 1. The van der Waals surface area contributed by atoms with Crippen molar-refractivity contribution in [1.82, 2.24) is 18.7 Å². The molecule has 1 N–H and O–H groups in total. The smallest absolute Gasteiger partial charge is 0.332 e. The van der Waals surface area contributed by atoms with Crippen LogP contribution in [-0.2, 0) is 27.1 Å². The second-order valence-corrected chi connectivity index (χ2v) is 8.09. The molecule has 2 aromatic carbocycles. The third kappa shape index (κ3) is 4.50. The number of benzene rings is 2. The monoisotopic (exact) mass is 460 g/mol. The third-order valence-corrected chi connectivity index (χ3v) is 5.87. The van der Waals surface area contributed by atoms with E-state index in [0.717, 1.165) is 34.4 Å². The van der Waals surface area contributed by atoms with Crippen LogP contribution in [0.1, 0.15) is 24.5 Å². The van der Waals surface area contributed by atoms with Gasteiger partial charge in [-0.1, -0.05) is 30.3 Å². The van der Waals surface area contributed by atoms with Gasteiger partial charge in [0.1, 0.15) is 5.75 Å². The number of nitrogens with zero attached hydrogens (tertiary/aromatic N) is 5. The number of hydrazone groups is 1. The van der Waals surface area contributed by atoms with Crippen LogP contribution in [0.25, 0.3) is 11.2 Å². The summed E-state index contributed by atoms with van der Waals surface area (Å²) < 4.78 is 9.51. The van der Waals surface area contributed by atoms with Crippen molar-refractivity contribution in [2.24, 2.45) is 19.2 Å². The highest BCUT2D eigenvalue weighted by Crippen LogP contribution is 2.18. The lowest BCUT2D eigenvalue weighted by molar-refractivity contribution is 0.415. The fraction of sp³-hybridized carbons (Fsp3) is 0.280. The fourth-order valence-corrected chi connectivity index (χ4v) is 3.87. The Balaban J connectivity index is 1.69. The van der Waals surface area contributed by atoms with Gasteiger partial charge in [0.05, 0.1) is 12.8 Å². The van der Waals surface area contributed by atoms with Crippen LogP contribution in [-0.4, -0.2) is 31.5 Å². The van der Waals surface area contributed by atoms with Gasteiger partial charge in [-0.3, -0.25) is 13.9 Å². The van der Waals surface area contributed by atoms with E-state index in [1.807, 2.05) is 54.0 Å². The molecule has 0 bridgehead atoms. The Hall–Kier alpha value is -4.14. The minimum atomic E-state index is -0.420. The summed E-state index contributed by atoms with van der Waals surface area (Å²) in [4.78, 5) is 30.0. The van der Waals surface area contributed by atoms with Crippen molar-refractivity contribution in [2.75, 3.05) is 12.5 Å². The first-order chi connectivity index (χ1) is 16.4. The van der Waals surface area contributed by atoms with Crippen molar-refractivity contribution in [1.29, 1.82) is 0 Å². The molecule has 0 saturated carbocycles. The number of anilines is 1. The summed E-state index contributed by atoms with van der Waals surface area (Å²) in [5, 5.41) is 4.49. The van der Waals surface area contributed by atoms with Crippen LogP contribution in [0.15, 0.2) is 69.3 Å². The van der Waals surface area contributed by atoms with E-state index in [1.165, 1.54) is 17.2 Å². The maximum Gasteiger partial charge on any atom is 0.332 e. The van der Waals surface area contributed by atoms with E-state index in [2.05, 4.69) is 27.6 Å². The molecule has 176 valence electrons. The van der Waals surface area contributed by atoms with Gasteiger partial charge in [0.2, 0.25) is 5.95 Å². The second kappa shape index (κ2) is 9.78. The number of aryl methyl sites for hydroxylation is 3. The number of imidazole rings is 1. The average Bonchev–Trinajstić information content (AvgIpc) is 3.24. The van der Waals surface area contributed by atoms with Gasteiger partial charge in [-0.05, 0) is 55.2 Å². The highest BCUT2D eigenvalue weighted by atomic mass is 16.5. The largest absolute Gasteiger partial charge is 0.497 e. The average molecular weight is 461 g/mol. The lowest BCUT2D eigenvalue weighted by atomic mass is 10.1. The van der Waals surface area contributed by atoms with Crippen LogP contribution in [0.3, 0.4) is 0 Å². The van der Waals surface area contributed by atoms with Crippen molar-refractivity contribution in [2.45, 2.75) is 26.3 Å². The molecule has 0 aliphatic heterocycles. The van der Waals surface area contributed by atoms with Gasteiger partial charge in [-0.25, -0.2) is 10.2 Å². The number of nitrogens with one attached hydrogen (secondary N) is 1. The van der Waals surface area contributed by atoms with Crippen LogP contribution in [0.4, 0.5) is 5.95 Å². The lowest BCUT2D eigenvalue weighted by Gasteiger charge is -2.10. The Labute approximate surface area is 196 Å². The molecule has 0 radical (unpaired) electrons. The van der Waals surface area contributed by atoms with Crippen molar-refractivity contribution >= 4 is 22.8 Å². The first-order valence-electron chi connectivity index (χ1n) is 11.1. The molecule has 0 unspecified atom stereocenters. The van der Waals surface area contributed by atoms with Gasteiger partial charge in [0, 0.05) is 20.6 Å². The molecule has 0 saturated heterocycles. The van der Waals surface area contributed by atoms with Gasteiger partial charge >= 0.3 is 5.69 Å². The van der Waals surface area contributed by atoms with Gasteiger partial charge in [0.25, 0.3) is 5.56 Å². The predicted octanol–water partition coefficient (Wildman–Crippen LogP) is 2.91. The van der Waals surface area contributed by atoms with E-state index < -0.39 is 5.69 Å². The molecule has 0 aliphatic carbocycles. The molecule has 2 aromatic heterocycles. The van der Waals surface area contributed by atoms with Crippen LogP contribution < -0.4 is 21.4 Å². The standard InChI is InChI=1S/C25H28N6O3/c1-17(19-12-14-20(34-4)15-13-19)27-28-24-26-22-21(23(32)30(3)25(33)29(22)2)31(24)16-8-11-18-9-6-5-7-10-18/h5-7,9-10,12-15H,8,11,16H2,1-4H3,(H,26,28)/b27-17-. The Bertz CT molecular complexity index is 1450. The number of aromatic nitrogens is 4. The summed E-state index contributed by atoms with van der Waals surface area (Å²) in [5.41, 5.74) is 5.80. The zero-order valence-electron chi connectivity index (χ0n) is 19.8. The normalized spacial score (nSPS) is 11.7. The summed E-state index contributed by atoms with van der Waals surface area (Å²) in [6, 6.07) is 17.7. The Morgan fingerprint density at radius 1 is 1.03 bits per heavy atom. The predicted molar refractivity (Wildman–Crippen MR) is 134 cm³/mol. The van der Waals surface area contributed by atoms with E-state index >= 15 is 0 Å². The van der Waals surface area contributed by atoms with Crippen molar-refractivity contribution in [3.05, 3.63) is 86.6 Å². The third-order valence-electron chi connectivity index (χ3n) is 5.87. The van der Waals surface area contributed by atoms with Gasteiger partial charge < -0.3 is 9.30 Å². The molecule has 34 heavy (non-hydrogen) atoms. The number of methoxy groups -OCH3 is 1. The van der Waals surface area contributed by atoms with Gasteiger partial charge in [0.15, 0.2) is 11.2 Å². The minimum absolute atomic E-state index is 0.326. The van der Waals surface area contributed by atoms with Crippen LogP contribution in [0, 0.1) is 0 Å². The van der Waals surface area contributed by atoms with E-state index in [-0.39, 0.29) is 5.56 Å². The van der Waals surface area contributed by atoms with E-state index in [4.69, 9.17) is 4.74 Å². The maximum absolute atomic E-state index is 13.0. The Kier molecular flexibility index (Phi) is 6.62. The number of hydrogen-bond donors (Lipinski definition) is 1. The molecular formula is C25H28N6O3. The molecular weight excluding hydrogens is 432 g/mol.